The molecule has 0 radical (unpaired) electrons. The second-order valence-corrected chi connectivity index (χ2v) is 24.6. The SMILES string of the molecule is c1ccc(-n2c3ccccc3c3cc(-c4ccc5[c](c4)[Ge]([c]4ccccc4)([c]4ccccc4)[c]4cc(-c6cccc7c6c6ccccc6n7-c6ccccc6)ccc4-5)ccc32)cc1. The maximum absolute atomic E-state index is 3.67. The van der Waals surface area contributed by atoms with Crippen LogP contribution in [0.3, 0.4) is 0 Å². The Hall–Kier alpha value is -7.66. The van der Waals surface area contributed by atoms with Gasteiger partial charge in [0.05, 0.1) is 0 Å². The van der Waals surface area contributed by atoms with Crippen molar-refractivity contribution in [3.8, 4) is 44.8 Å². The van der Waals surface area contributed by atoms with E-state index in [9.17, 15) is 0 Å². The first kappa shape index (κ1) is 36.0. The number of para-hydroxylation sites is 4. The molecule has 0 atom stereocenters. The van der Waals surface area contributed by atoms with Crippen molar-refractivity contribution in [2.24, 2.45) is 0 Å². The van der Waals surface area contributed by atoms with E-state index in [0.29, 0.717) is 0 Å². The molecular weight excluding hydrogens is 821 g/mol. The molecule has 294 valence electrons. The van der Waals surface area contributed by atoms with Crippen LogP contribution in [0.15, 0.2) is 243 Å². The van der Waals surface area contributed by atoms with Gasteiger partial charge in [0.1, 0.15) is 0 Å². The molecule has 13 rings (SSSR count). The summed E-state index contributed by atoms with van der Waals surface area (Å²) in [6, 6.07) is 90.8. The Kier molecular flexibility index (Phi) is 8.12. The Labute approximate surface area is 368 Å². The summed E-state index contributed by atoms with van der Waals surface area (Å²) < 4.78 is 10.7. The predicted octanol–water partition coefficient (Wildman–Crippen LogP) is 12.6. The molecule has 0 saturated carbocycles. The first-order valence-electron chi connectivity index (χ1n) is 21.8. The van der Waals surface area contributed by atoms with Crippen LogP contribution in [0.1, 0.15) is 0 Å². The van der Waals surface area contributed by atoms with Crippen molar-refractivity contribution in [2.75, 3.05) is 0 Å². The van der Waals surface area contributed by atoms with E-state index in [1.807, 2.05) is 0 Å². The Morgan fingerprint density at radius 2 is 0.714 bits per heavy atom. The van der Waals surface area contributed by atoms with Crippen molar-refractivity contribution in [3.05, 3.63) is 243 Å². The third kappa shape index (κ3) is 5.32. The van der Waals surface area contributed by atoms with Gasteiger partial charge in [-0.05, 0) is 0 Å². The number of fused-ring (bicyclic) bond motifs is 9. The molecule has 2 aromatic heterocycles. The molecule has 3 heterocycles. The monoisotopic (exact) mass is 862 g/mol. The van der Waals surface area contributed by atoms with Crippen molar-refractivity contribution in [1.82, 2.24) is 9.13 Å². The second-order valence-electron chi connectivity index (χ2n) is 16.8. The fourth-order valence-corrected chi connectivity index (χ4v) is 22.0. The van der Waals surface area contributed by atoms with E-state index in [-0.39, 0.29) is 0 Å². The number of rotatable bonds is 6. The van der Waals surface area contributed by atoms with Gasteiger partial charge >= 0.3 is 371 Å². The van der Waals surface area contributed by atoms with Crippen LogP contribution >= 0.6 is 0 Å². The fraction of sp³-hybridized carbons (Fsp3) is 0. The average molecular weight is 862 g/mol. The van der Waals surface area contributed by atoms with Gasteiger partial charge in [0.2, 0.25) is 0 Å². The van der Waals surface area contributed by atoms with Crippen LogP contribution in [0.25, 0.3) is 88.4 Å². The molecule has 63 heavy (non-hydrogen) atoms. The summed E-state index contributed by atoms with van der Waals surface area (Å²) in [5, 5.41) is 5.09. The summed E-state index contributed by atoms with van der Waals surface area (Å²) in [6.07, 6.45) is 0. The standard InChI is InChI=1S/C60H40GeN2/c1-5-18-44(19-6-1)61(45-20-7-2-8-21-45)54-39-42(41-34-37-58-53(38-41)51-26-13-15-29-56(51)62(58)46-22-9-3-10-23-46)32-35-49(54)50-36-33-43(40-55(50)61)48-28-17-31-59-60(48)52-27-14-16-30-57(52)63(59)47-24-11-4-12-25-47/h1-40H. The van der Waals surface area contributed by atoms with Crippen LogP contribution in [0.4, 0.5) is 0 Å². The van der Waals surface area contributed by atoms with Crippen molar-refractivity contribution in [1.29, 1.82) is 0 Å². The van der Waals surface area contributed by atoms with Gasteiger partial charge in [-0.25, -0.2) is 0 Å². The van der Waals surface area contributed by atoms with E-state index in [4.69, 9.17) is 0 Å². The molecule has 0 fully saturated rings. The van der Waals surface area contributed by atoms with Crippen LogP contribution in [0, 0.1) is 0 Å². The molecule has 1 aliphatic rings. The number of nitrogens with zero attached hydrogens (tertiary/aromatic N) is 2. The Morgan fingerprint density at radius 1 is 0.270 bits per heavy atom. The topological polar surface area (TPSA) is 9.86 Å². The number of hydrogen-bond acceptors (Lipinski definition) is 0. The zero-order valence-electron chi connectivity index (χ0n) is 34.5. The van der Waals surface area contributed by atoms with Crippen molar-refractivity contribution in [2.45, 2.75) is 0 Å². The Morgan fingerprint density at radius 3 is 1.35 bits per heavy atom. The zero-order chi connectivity index (χ0) is 41.5. The number of hydrogen-bond donors (Lipinski definition) is 0. The van der Waals surface area contributed by atoms with Crippen molar-refractivity contribution < 1.29 is 0 Å². The Bertz CT molecular complexity index is 3680. The molecule has 0 bridgehead atoms. The van der Waals surface area contributed by atoms with E-state index >= 15 is 0 Å². The average Bonchev–Trinajstić information content (AvgIpc) is 3.98. The molecule has 1 aliphatic heterocycles. The molecule has 10 aromatic carbocycles. The van der Waals surface area contributed by atoms with Gasteiger partial charge < -0.3 is 0 Å². The minimum atomic E-state index is -3.67. The minimum absolute atomic E-state index is 1.17. The molecule has 2 nitrogen and oxygen atoms in total. The van der Waals surface area contributed by atoms with Crippen LogP contribution in [-0.4, -0.2) is 22.4 Å². The third-order valence-electron chi connectivity index (χ3n) is 13.6. The fourth-order valence-electron chi connectivity index (χ4n) is 11.0. The molecule has 0 amide bonds. The van der Waals surface area contributed by atoms with Gasteiger partial charge in [-0.3, -0.25) is 0 Å². The maximum atomic E-state index is 2.59. The van der Waals surface area contributed by atoms with E-state index in [2.05, 4.69) is 252 Å². The van der Waals surface area contributed by atoms with Gasteiger partial charge in [0.25, 0.3) is 0 Å². The second kappa shape index (κ2) is 14.2. The molecule has 0 saturated heterocycles. The van der Waals surface area contributed by atoms with Gasteiger partial charge in [-0.15, -0.1) is 0 Å². The van der Waals surface area contributed by atoms with Gasteiger partial charge in [-0.1, -0.05) is 0 Å². The van der Waals surface area contributed by atoms with E-state index in [1.165, 1.54) is 106 Å². The van der Waals surface area contributed by atoms with Gasteiger partial charge in [-0.2, -0.15) is 0 Å². The molecule has 12 aromatic rings. The quantitative estimate of drug-likeness (QED) is 0.147. The van der Waals surface area contributed by atoms with E-state index in [1.54, 1.807) is 0 Å². The summed E-state index contributed by atoms with van der Waals surface area (Å²) in [5.74, 6) is 0. The Balaban J connectivity index is 1.05. The summed E-state index contributed by atoms with van der Waals surface area (Å²) in [4.78, 5) is 0. The van der Waals surface area contributed by atoms with Gasteiger partial charge in [0.15, 0.2) is 0 Å². The van der Waals surface area contributed by atoms with Crippen molar-refractivity contribution in [3.63, 3.8) is 0 Å². The van der Waals surface area contributed by atoms with Crippen LogP contribution < -0.4 is 17.6 Å². The van der Waals surface area contributed by atoms with Crippen molar-refractivity contribution >= 4 is 74.5 Å². The third-order valence-corrected chi connectivity index (χ3v) is 23.8. The number of benzene rings is 10. The first-order valence-corrected chi connectivity index (χ1v) is 26.0. The summed E-state index contributed by atoms with van der Waals surface area (Å²) in [5.41, 5.74) is 14.9. The molecule has 0 spiro atoms. The van der Waals surface area contributed by atoms with Crippen LogP contribution in [-0.2, 0) is 0 Å². The molecule has 3 heteroatoms. The first-order chi connectivity index (χ1) is 31.3. The molecule has 0 aliphatic carbocycles. The summed E-state index contributed by atoms with van der Waals surface area (Å²) in [7, 11) is 0. The molecular formula is C60H40GeN2. The van der Waals surface area contributed by atoms with Crippen LogP contribution in [0.5, 0.6) is 0 Å². The van der Waals surface area contributed by atoms with E-state index < -0.39 is 13.3 Å². The normalized spacial score (nSPS) is 12.9. The molecule has 0 unspecified atom stereocenters. The summed E-state index contributed by atoms with van der Waals surface area (Å²) >= 11 is -3.67. The molecule has 0 N–H and O–H groups in total. The van der Waals surface area contributed by atoms with Crippen LogP contribution in [0.2, 0.25) is 0 Å². The van der Waals surface area contributed by atoms with Gasteiger partial charge in [0, 0.05) is 0 Å². The summed E-state index contributed by atoms with van der Waals surface area (Å²) in [6.45, 7) is 0. The van der Waals surface area contributed by atoms with E-state index in [0.717, 1.165) is 0 Å². The predicted molar refractivity (Wildman–Crippen MR) is 269 cm³/mol. The zero-order valence-corrected chi connectivity index (χ0v) is 36.6. The number of aromatic nitrogens is 2.